The summed E-state index contributed by atoms with van der Waals surface area (Å²) in [6.45, 7) is 11.3. The first-order chi connectivity index (χ1) is 9.04. The van der Waals surface area contributed by atoms with Crippen LogP contribution in [0.3, 0.4) is 0 Å². The van der Waals surface area contributed by atoms with Crippen LogP contribution in [0.15, 0.2) is 17.1 Å². The van der Waals surface area contributed by atoms with E-state index in [4.69, 9.17) is 4.74 Å². The highest BCUT2D eigenvalue weighted by atomic mass is 16.6. The molecule has 2 rings (SSSR count). The van der Waals surface area contributed by atoms with E-state index in [9.17, 15) is 9.90 Å². The smallest absolute Gasteiger partial charge is 0.342 e. The van der Waals surface area contributed by atoms with E-state index in [-0.39, 0.29) is 16.7 Å². The average Bonchev–Trinajstić information content (AvgIpc) is 2.49. The number of carbonyl (C=O) groups excluding carboxylic acids is 1. The molecule has 1 N–H and O–H groups in total. The lowest BCUT2D eigenvalue weighted by molar-refractivity contribution is 0.00649. The lowest BCUT2D eigenvalue weighted by atomic mass is 9.79. The van der Waals surface area contributed by atoms with E-state index in [1.54, 1.807) is 26.8 Å². The standard InChI is InChI=1S/C16H21NO3/c1-9-16(5,6)13-10(17-9)7-8-11(18)12(13)14(19)20-15(2,3)4/h7-8,18H,1-6H3. The van der Waals surface area contributed by atoms with Gasteiger partial charge in [0, 0.05) is 16.7 Å². The van der Waals surface area contributed by atoms with Gasteiger partial charge in [-0.1, -0.05) is 13.8 Å². The third-order valence-corrected chi connectivity index (χ3v) is 3.58. The monoisotopic (exact) mass is 275 g/mol. The van der Waals surface area contributed by atoms with Crippen molar-refractivity contribution in [3.05, 3.63) is 23.3 Å². The molecule has 0 saturated carbocycles. The molecule has 0 atom stereocenters. The molecule has 1 aromatic rings. The van der Waals surface area contributed by atoms with Crippen LogP contribution in [0.4, 0.5) is 5.69 Å². The Bertz CT molecular complexity index is 607. The topological polar surface area (TPSA) is 58.9 Å². The second kappa shape index (κ2) is 4.33. The van der Waals surface area contributed by atoms with E-state index in [1.165, 1.54) is 6.07 Å². The summed E-state index contributed by atoms with van der Waals surface area (Å²) in [6.07, 6.45) is 0. The number of nitrogens with zero attached hydrogens (tertiary/aromatic N) is 1. The lowest BCUT2D eigenvalue weighted by Crippen LogP contribution is -2.29. The minimum absolute atomic E-state index is 0.0593. The number of esters is 1. The highest BCUT2D eigenvalue weighted by Crippen LogP contribution is 2.45. The van der Waals surface area contributed by atoms with Gasteiger partial charge in [-0.15, -0.1) is 0 Å². The fourth-order valence-electron chi connectivity index (χ4n) is 2.34. The largest absolute Gasteiger partial charge is 0.507 e. The maximum Gasteiger partial charge on any atom is 0.342 e. The van der Waals surface area contributed by atoms with E-state index >= 15 is 0 Å². The van der Waals surface area contributed by atoms with Gasteiger partial charge in [0.2, 0.25) is 0 Å². The van der Waals surface area contributed by atoms with Crippen LogP contribution in [-0.4, -0.2) is 22.4 Å². The third kappa shape index (κ3) is 2.30. The van der Waals surface area contributed by atoms with Crippen LogP contribution in [0.2, 0.25) is 0 Å². The molecule has 108 valence electrons. The molecular weight excluding hydrogens is 254 g/mol. The van der Waals surface area contributed by atoms with Gasteiger partial charge < -0.3 is 9.84 Å². The Morgan fingerprint density at radius 2 is 1.90 bits per heavy atom. The molecule has 4 nitrogen and oxygen atoms in total. The molecular formula is C16H21NO3. The van der Waals surface area contributed by atoms with Crippen molar-refractivity contribution in [2.75, 3.05) is 0 Å². The zero-order valence-corrected chi connectivity index (χ0v) is 12.9. The van der Waals surface area contributed by atoms with E-state index in [0.29, 0.717) is 0 Å². The molecule has 1 aliphatic heterocycles. The van der Waals surface area contributed by atoms with Crippen LogP contribution in [-0.2, 0) is 10.2 Å². The molecule has 0 radical (unpaired) electrons. The molecule has 0 bridgehead atoms. The fourth-order valence-corrected chi connectivity index (χ4v) is 2.34. The molecule has 4 heteroatoms. The first-order valence-corrected chi connectivity index (χ1v) is 6.69. The van der Waals surface area contributed by atoms with Gasteiger partial charge in [0.15, 0.2) is 0 Å². The van der Waals surface area contributed by atoms with E-state index < -0.39 is 11.6 Å². The van der Waals surface area contributed by atoms with Gasteiger partial charge in [-0.25, -0.2) is 4.79 Å². The zero-order valence-electron chi connectivity index (χ0n) is 12.9. The molecule has 0 fully saturated rings. The van der Waals surface area contributed by atoms with Gasteiger partial charge in [0.1, 0.15) is 16.9 Å². The van der Waals surface area contributed by atoms with Gasteiger partial charge in [0.25, 0.3) is 0 Å². The van der Waals surface area contributed by atoms with Crippen LogP contribution in [0, 0.1) is 0 Å². The number of hydrogen-bond donors (Lipinski definition) is 1. The number of aliphatic imine (C=N–C) groups is 1. The number of ether oxygens (including phenoxy) is 1. The molecule has 0 aliphatic carbocycles. The maximum atomic E-state index is 12.4. The van der Waals surface area contributed by atoms with Crippen molar-refractivity contribution < 1.29 is 14.6 Å². The fraction of sp³-hybridized carbons (Fsp3) is 0.500. The predicted octanol–water partition coefficient (Wildman–Crippen LogP) is 3.73. The Labute approximate surface area is 119 Å². The lowest BCUT2D eigenvalue weighted by Gasteiger charge is -2.25. The Hall–Kier alpha value is -1.84. The van der Waals surface area contributed by atoms with Crippen molar-refractivity contribution >= 4 is 17.4 Å². The summed E-state index contributed by atoms with van der Waals surface area (Å²) in [6, 6.07) is 3.23. The predicted molar refractivity (Wildman–Crippen MR) is 79.1 cm³/mol. The summed E-state index contributed by atoms with van der Waals surface area (Å²) in [4.78, 5) is 16.9. The van der Waals surface area contributed by atoms with Crippen LogP contribution in [0.25, 0.3) is 0 Å². The van der Waals surface area contributed by atoms with E-state index in [0.717, 1.165) is 17.0 Å². The number of fused-ring (bicyclic) bond motifs is 1. The Morgan fingerprint density at radius 1 is 1.30 bits per heavy atom. The highest BCUT2D eigenvalue weighted by molar-refractivity contribution is 6.06. The minimum Gasteiger partial charge on any atom is -0.507 e. The number of phenolic OH excluding ortho intramolecular Hbond substituents is 1. The van der Waals surface area contributed by atoms with Crippen molar-refractivity contribution in [2.45, 2.75) is 52.6 Å². The van der Waals surface area contributed by atoms with Crippen LogP contribution in [0.1, 0.15) is 57.5 Å². The minimum atomic E-state index is -0.606. The van der Waals surface area contributed by atoms with Crippen LogP contribution < -0.4 is 0 Å². The van der Waals surface area contributed by atoms with Gasteiger partial charge in [-0.3, -0.25) is 4.99 Å². The molecule has 0 spiro atoms. The normalized spacial score (nSPS) is 16.6. The van der Waals surface area contributed by atoms with Crippen LogP contribution in [0.5, 0.6) is 5.75 Å². The molecule has 1 heterocycles. The quantitative estimate of drug-likeness (QED) is 0.794. The first-order valence-electron chi connectivity index (χ1n) is 6.69. The highest BCUT2D eigenvalue weighted by Gasteiger charge is 2.38. The first kappa shape index (κ1) is 14.6. The van der Waals surface area contributed by atoms with Gasteiger partial charge in [-0.2, -0.15) is 0 Å². The van der Waals surface area contributed by atoms with Crippen molar-refractivity contribution in [3.63, 3.8) is 0 Å². The average molecular weight is 275 g/mol. The van der Waals surface area contributed by atoms with Gasteiger partial charge >= 0.3 is 5.97 Å². The summed E-state index contributed by atoms with van der Waals surface area (Å²) >= 11 is 0. The van der Waals surface area contributed by atoms with Crippen molar-refractivity contribution in [1.82, 2.24) is 0 Å². The summed E-state index contributed by atoms with van der Waals surface area (Å²) in [5.74, 6) is -0.569. The molecule has 0 unspecified atom stereocenters. The number of carbonyl (C=O) groups is 1. The number of rotatable bonds is 1. The van der Waals surface area contributed by atoms with E-state index in [1.807, 2.05) is 20.8 Å². The molecule has 20 heavy (non-hydrogen) atoms. The Kier molecular flexibility index (Phi) is 3.16. The third-order valence-electron chi connectivity index (χ3n) is 3.58. The van der Waals surface area contributed by atoms with Gasteiger partial charge in [0.05, 0.1) is 5.69 Å². The number of benzene rings is 1. The number of aromatic hydroxyl groups is 1. The Balaban J connectivity index is 2.58. The summed E-state index contributed by atoms with van der Waals surface area (Å²) in [5, 5.41) is 10.1. The summed E-state index contributed by atoms with van der Waals surface area (Å²) in [7, 11) is 0. The van der Waals surface area contributed by atoms with Gasteiger partial charge in [-0.05, 0) is 39.8 Å². The van der Waals surface area contributed by atoms with E-state index in [2.05, 4.69) is 4.99 Å². The Morgan fingerprint density at radius 3 is 2.45 bits per heavy atom. The second-order valence-electron chi connectivity index (χ2n) is 6.68. The number of hydrogen-bond acceptors (Lipinski definition) is 4. The maximum absolute atomic E-state index is 12.4. The second-order valence-corrected chi connectivity index (χ2v) is 6.68. The van der Waals surface area contributed by atoms with Crippen molar-refractivity contribution in [2.24, 2.45) is 4.99 Å². The zero-order chi connectivity index (χ0) is 15.3. The molecule has 0 amide bonds. The summed E-state index contributed by atoms with van der Waals surface area (Å²) in [5.41, 5.74) is 1.62. The van der Waals surface area contributed by atoms with Crippen molar-refractivity contribution in [1.29, 1.82) is 0 Å². The number of phenols is 1. The van der Waals surface area contributed by atoms with Crippen molar-refractivity contribution in [3.8, 4) is 5.75 Å². The molecule has 0 saturated heterocycles. The van der Waals surface area contributed by atoms with Crippen LogP contribution >= 0.6 is 0 Å². The summed E-state index contributed by atoms with van der Waals surface area (Å²) < 4.78 is 5.41. The molecule has 1 aromatic carbocycles. The molecule has 0 aromatic heterocycles. The SMILES string of the molecule is CC1=Nc2ccc(O)c(C(=O)OC(C)(C)C)c2C1(C)C. The molecule has 1 aliphatic rings.